The van der Waals surface area contributed by atoms with E-state index in [2.05, 4.69) is 27.8 Å². The molecule has 0 bridgehead atoms. The number of rotatable bonds is 1. The number of halogens is 1. The third-order valence-electron chi connectivity index (χ3n) is 4.76. The smallest absolute Gasteiger partial charge is 0.0545 e. The minimum absolute atomic E-state index is 0.144. The van der Waals surface area contributed by atoms with Crippen molar-refractivity contribution >= 4 is 15.9 Å². The molecule has 2 saturated carbocycles. The SMILES string of the molecule is C[C@H](O)[C@H]1CC[C@H]2/C(=C/Br)CCC[C@]12C. The molecule has 2 aliphatic rings. The van der Waals surface area contributed by atoms with Gasteiger partial charge in [-0.15, -0.1) is 0 Å². The molecule has 0 aromatic heterocycles. The van der Waals surface area contributed by atoms with Crippen LogP contribution in [0.3, 0.4) is 0 Å². The molecule has 86 valence electrons. The highest BCUT2D eigenvalue weighted by atomic mass is 79.9. The van der Waals surface area contributed by atoms with Gasteiger partial charge in [-0.25, -0.2) is 0 Å². The predicted molar refractivity (Wildman–Crippen MR) is 66.9 cm³/mol. The van der Waals surface area contributed by atoms with Crippen molar-refractivity contribution in [1.29, 1.82) is 0 Å². The first kappa shape index (κ1) is 11.7. The Kier molecular flexibility index (Phi) is 3.27. The van der Waals surface area contributed by atoms with Crippen LogP contribution in [0, 0.1) is 17.3 Å². The summed E-state index contributed by atoms with van der Waals surface area (Å²) in [5.74, 6) is 1.22. The van der Waals surface area contributed by atoms with Crippen LogP contribution in [-0.4, -0.2) is 11.2 Å². The van der Waals surface area contributed by atoms with E-state index in [1.807, 2.05) is 6.92 Å². The van der Waals surface area contributed by atoms with Crippen molar-refractivity contribution in [3.63, 3.8) is 0 Å². The third-order valence-corrected chi connectivity index (χ3v) is 5.35. The molecule has 0 amide bonds. The minimum atomic E-state index is -0.144. The van der Waals surface area contributed by atoms with Gasteiger partial charge in [-0.3, -0.25) is 0 Å². The van der Waals surface area contributed by atoms with Crippen molar-refractivity contribution in [3.05, 3.63) is 10.6 Å². The highest BCUT2D eigenvalue weighted by molar-refractivity contribution is 9.11. The largest absolute Gasteiger partial charge is 0.393 e. The van der Waals surface area contributed by atoms with E-state index >= 15 is 0 Å². The summed E-state index contributed by atoms with van der Waals surface area (Å²) >= 11 is 3.50. The number of fused-ring (bicyclic) bond motifs is 1. The number of aliphatic hydroxyl groups is 1. The highest BCUT2D eigenvalue weighted by Gasteiger charge is 2.50. The quantitative estimate of drug-likeness (QED) is 0.769. The van der Waals surface area contributed by atoms with E-state index in [1.54, 1.807) is 5.57 Å². The molecular formula is C13H21BrO. The zero-order valence-corrected chi connectivity index (χ0v) is 11.3. The zero-order chi connectivity index (χ0) is 11.1. The second-order valence-corrected chi connectivity index (χ2v) is 5.98. The standard InChI is InChI=1S/C13H21BrO/c1-9(15)11-5-6-12-10(8-14)4-3-7-13(11,12)2/h8-9,11-12,15H,3-7H2,1-2H3/b10-8+/t9-,11+,12-,13+/m0/s1. The van der Waals surface area contributed by atoms with E-state index in [1.165, 1.54) is 32.1 Å². The van der Waals surface area contributed by atoms with Gasteiger partial charge in [-0.2, -0.15) is 0 Å². The molecule has 0 radical (unpaired) electrons. The molecule has 2 fully saturated rings. The lowest BCUT2D eigenvalue weighted by atomic mass is 9.63. The molecule has 4 atom stereocenters. The summed E-state index contributed by atoms with van der Waals surface area (Å²) in [6, 6.07) is 0. The van der Waals surface area contributed by atoms with Gasteiger partial charge < -0.3 is 5.11 Å². The summed E-state index contributed by atoms with van der Waals surface area (Å²) in [5.41, 5.74) is 1.93. The van der Waals surface area contributed by atoms with Crippen LogP contribution < -0.4 is 0 Å². The molecule has 2 aliphatic carbocycles. The maximum atomic E-state index is 9.88. The Bertz CT molecular complexity index is 272. The average Bonchev–Trinajstić information content (AvgIpc) is 2.54. The van der Waals surface area contributed by atoms with Crippen LogP contribution in [-0.2, 0) is 0 Å². The second-order valence-electron chi connectivity index (χ2n) is 5.52. The fraction of sp³-hybridized carbons (Fsp3) is 0.846. The average molecular weight is 273 g/mol. The molecule has 0 unspecified atom stereocenters. The highest BCUT2D eigenvalue weighted by Crippen LogP contribution is 2.58. The molecule has 2 heteroatoms. The second kappa shape index (κ2) is 4.21. The lowest BCUT2D eigenvalue weighted by Gasteiger charge is -2.43. The number of allylic oxidation sites excluding steroid dienone is 1. The maximum absolute atomic E-state index is 9.88. The van der Waals surface area contributed by atoms with Crippen molar-refractivity contribution in [2.75, 3.05) is 0 Å². The van der Waals surface area contributed by atoms with Crippen LogP contribution in [0.2, 0.25) is 0 Å². The van der Waals surface area contributed by atoms with Gasteiger partial charge in [0.05, 0.1) is 6.10 Å². The van der Waals surface area contributed by atoms with Crippen molar-refractivity contribution < 1.29 is 5.11 Å². The Hall–Kier alpha value is 0.180. The summed E-state index contributed by atoms with van der Waals surface area (Å²) in [6.07, 6.45) is 6.14. The lowest BCUT2D eigenvalue weighted by Crippen LogP contribution is -2.37. The van der Waals surface area contributed by atoms with E-state index in [4.69, 9.17) is 0 Å². The number of hydrogen-bond donors (Lipinski definition) is 1. The Morgan fingerprint density at radius 2 is 2.27 bits per heavy atom. The van der Waals surface area contributed by atoms with Gasteiger partial charge >= 0.3 is 0 Å². The van der Waals surface area contributed by atoms with Gasteiger partial charge in [0.2, 0.25) is 0 Å². The maximum Gasteiger partial charge on any atom is 0.0545 e. The third kappa shape index (κ3) is 1.80. The first-order valence-corrected chi connectivity index (χ1v) is 6.98. The molecule has 2 rings (SSSR count). The Labute approximate surface area is 101 Å². The van der Waals surface area contributed by atoms with E-state index in [9.17, 15) is 5.11 Å². The van der Waals surface area contributed by atoms with Crippen molar-refractivity contribution in [1.82, 2.24) is 0 Å². The lowest BCUT2D eigenvalue weighted by molar-refractivity contribution is 0.0303. The topological polar surface area (TPSA) is 20.2 Å². The summed E-state index contributed by atoms with van der Waals surface area (Å²) < 4.78 is 0. The normalized spacial score (nSPS) is 45.5. The summed E-state index contributed by atoms with van der Waals surface area (Å²) in [5, 5.41) is 9.88. The molecule has 15 heavy (non-hydrogen) atoms. The minimum Gasteiger partial charge on any atom is -0.393 e. The molecule has 1 N–H and O–H groups in total. The van der Waals surface area contributed by atoms with Crippen LogP contribution in [0.25, 0.3) is 0 Å². The van der Waals surface area contributed by atoms with Crippen molar-refractivity contribution in [2.24, 2.45) is 17.3 Å². The molecule has 1 nitrogen and oxygen atoms in total. The molecule has 0 saturated heterocycles. The van der Waals surface area contributed by atoms with E-state index in [0.29, 0.717) is 17.3 Å². The first-order valence-electron chi connectivity index (χ1n) is 6.07. The van der Waals surface area contributed by atoms with Gasteiger partial charge in [0, 0.05) is 0 Å². The fourth-order valence-corrected chi connectivity index (χ4v) is 4.55. The van der Waals surface area contributed by atoms with Gasteiger partial charge in [0.15, 0.2) is 0 Å². The first-order chi connectivity index (χ1) is 7.09. The van der Waals surface area contributed by atoms with Crippen LogP contribution in [0.5, 0.6) is 0 Å². The molecule has 0 aromatic carbocycles. The molecule has 0 heterocycles. The number of aliphatic hydroxyl groups excluding tert-OH is 1. The summed E-state index contributed by atoms with van der Waals surface area (Å²) in [6.45, 7) is 4.35. The van der Waals surface area contributed by atoms with Crippen LogP contribution in [0.1, 0.15) is 46.0 Å². The number of hydrogen-bond acceptors (Lipinski definition) is 1. The molecule has 0 aromatic rings. The van der Waals surface area contributed by atoms with Gasteiger partial charge in [0.1, 0.15) is 0 Å². The fourth-order valence-electron chi connectivity index (χ4n) is 4.00. The van der Waals surface area contributed by atoms with E-state index in [-0.39, 0.29) is 6.10 Å². The molecule has 0 spiro atoms. The van der Waals surface area contributed by atoms with Crippen LogP contribution in [0.4, 0.5) is 0 Å². The van der Waals surface area contributed by atoms with Crippen LogP contribution in [0.15, 0.2) is 10.6 Å². The summed E-state index contributed by atoms with van der Waals surface area (Å²) in [7, 11) is 0. The monoisotopic (exact) mass is 272 g/mol. The predicted octanol–water partition coefficient (Wildman–Crippen LogP) is 3.86. The van der Waals surface area contributed by atoms with Crippen molar-refractivity contribution in [3.8, 4) is 0 Å². The Morgan fingerprint density at radius 3 is 2.87 bits per heavy atom. The van der Waals surface area contributed by atoms with E-state index in [0.717, 1.165) is 0 Å². The molecular weight excluding hydrogens is 252 g/mol. The Balaban J connectivity index is 2.27. The van der Waals surface area contributed by atoms with Gasteiger partial charge in [-0.1, -0.05) is 28.4 Å². The van der Waals surface area contributed by atoms with Gasteiger partial charge in [0.25, 0.3) is 0 Å². The van der Waals surface area contributed by atoms with Crippen LogP contribution >= 0.6 is 15.9 Å². The zero-order valence-electron chi connectivity index (χ0n) is 9.67. The Morgan fingerprint density at radius 1 is 1.53 bits per heavy atom. The summed E-state index contributed by atoms with van der Waals surface area (Å²) in [4.78, 5) is 2.14. The van der Waals surface area contributed by atoms with Gasteiger partial charge in [-0.05, 0) is 61.3 Å². The van der Waals surface area contributed by atoms with Crippen molar-refractivity contribution in [2.45, 2.75) is 52.1 Å². The molecule has 0 aliphatic heterocycles. The van der Waals surface area contributed by atoms with E-state index < -0.39 is 0 Å².